The summed E-state index contributed by atoms with van der Waals surface area (Å²) in [7, 11) is 0. The Balaban J connectivity index is 2.01. The van der Waals surface area contributed by atoms with Crippen LogP contribution < -0.4 is 5.32 Å². The molecule has 1 fully saturated rings. The molecule has 0 aliphatic carbocycles. The maximum Gasteiger partial charge on any atom is 0.157 e. The normalized spacial score (nSPS) is 41.4. The standard InChI is InChI=1S/C11H20N2OS/c1-8-4-7-15-10(12-8)13-11(3)5-6-14-9(11)2/h8-9H,4-7H2,1-3H3,(H,12,13). The van der Waals surface area contributed by atoms with Crippen LogP contribution in [0.25, 0.3) is 0 Å². The third kappa shape index (κ3) is 2.48. The predicted octanol–water partition coefficient (Wildman–Crippen LogP) is 2.02. The highest BCUT2D eigenvalue weighted by molar-refractivity contribution is 8.13. The van der Waals surface area contributed by atoms with Gasteiger partial charge in [0.2, 0.25) is 0 Å². The molecule has 0 spiro atoms. The number of amidine groups is 1. The van der Waals surface area contributed by atoms with Crippen LogP contribution in [-0.2, 0) is 4.74 Å². The van der Waals surface area contributed by atoms with Crippen molar-refractivity contribution >= 4 is 16.9 Å². The van der Waals surface area contributed by atoms with Gasteiger partial charge in [0.15, 0.2) is 5.17 Å². The number of rotatable bonds is 1. The van der Waals surface area contributed by atoms with E-state index in [4.69, 9.17) is 4.74 Å². The maximum absolute atomic E-state index is 5.61. The van der Waals surface area contributed by atoms with Gasteiger partial charge in [0.1, 0.15) is 0 Å². The van der Waals surface area contributed by atoms with Crippen molar-refractivity contribution in [3.05, 3.63) is 0 Å². The Morgan fingerprint density at radius 2 is 2.33 bits per heavy atom. The van der Waals surface area contributed by atoms with E-state index < -0.39 is 0 Å². The van der Waals surface area contributed by atoms with Gasteiger partial charge in [-0.05, 0) is 33.6 Å². The van der Waals surface area contributed by atoms with Crippen LogP contribution in [0.5, 0.6) is 0 Å². The number of nitrogens with one attached hydrogen (secondary N) is 1. The summed E-state index contributed by atoms with van der Waals surface area (Å²) in [4.78, 5) is 4.64. The van der Waals surface area contributed by atoms with Crippen molar-refractivity contribution in [1.29, 1.82) is 0 Å². The molecule has 4 heteroatoms. The zero-order valence-electron chi connectivity index (χ0n) is 9.75. The first-order valence-corrected chi connectivity index (χ1v) is 6.69. The molecule has 3 unspecified atom stereocenters. The van der Waals surface area contributed by atoms with Crippen molar-refractivity contribution in [1.82, 2.24) is 5.32 Å². The molecule has 0 bridgehead atoms. The Kier molecular flexibility index (Phi) is 3.26. The fraction of sp³-hybridized carbons (Fsp3) is 0.909. The SMILES string of the molecule is CC1CCSC(NC2(C)CCOC2C)=N1. The second-order valence-corrected chi connectivity index (χ2v) is 5.81. The van der Waals surface area contributed by atoms with Gasteiger partial charge in [0.25, 0.3) is 0 Å². The highest BCUT2D eigenvalue weighted by Crippen LogP contribution is 2.27. The first-order chi connectivity index (χ1) is 7.10. The van der Waals surface area contributed by atoms with Crippen LogP contribution in [0.1, 0.15) is 33.6 Å². The molecule has 1 N–H and O–H groups in total. The van der Waals surface area contributed by atoms with E-state index in [0.717, 1.165) is 18.2 Å². The molecule has 1 saturated heterocycles. The molecule has 2 aliphatic rings. The molecule has 2 heterocycles. The van der Waals surface area contributed by atoms with Crippen molar-refractivity contribution in [3.8, 4) is 0 Å². The Morgan fingerprint density at radius 3 is 2.93 bits per heavy atom. The van der Waals surface area contributed by atoms with E-state index in [1.165, 1.54) is 12.2 Å². The van der Waals surface area contributed by atoms with Crippen molar-refractivity contribution in [2.75, 3.05) is 12.4 Å². The molecule has 2 aliphatic heterocycles. The summed E-state index contributed by atoms with van der Waals surface area (Å²) in [5.74, 6) is 1.18. The predicted molar refractivity (Wildman–Crippen MR) is 65.5 cm³/mol. The van der Waals surface area contributed by atoms with Gasteiger partial charge in [-0.2, -0.15) is 0 Å². The minimum atomic E-state index is 0.0723. The fourth-order valence-corrected chi connectivity index (χ4v) is 3.15. The highest BCUT2D eigenvalue weighted by Gasteiger charge is 2.38. The van der Waals surface area contributed by atoms with E-state index in [0.29, 0.717) is 6.04 Å². The lowest BCUT2D eigenvalue weighted by molar-refractivity contribution is 0.0950. The van der Waals surface area contributed by atoms with Crippen LogP contribution >= 0.6 is 11.8 Å². The molecule has 0 aromatic carbocycles. The lowest BCUT2D eigenvalue weighted by Crippen LogP contribution is -2.50. The van der Waals surface area contributed by atoms with Crippen LogP contribution in [0.4, 0.5) is 0 Å². The summed E-state index contributed by atoms with van der Waals surface area (Å²) in [6, 6.07) is 0.468. The summed E-state index contributed by atoms with van der Waals surface area (Å²) in [5.41, 5.74) is 0.0723. The van der Waals surface area contributed by atoms with Crippen LogP contribution in [0.2, 0.25) is 0 Å². The molecule has 2 rings (SSSR count). The van der Waals surface area contributed by atoms with Gasteiger partial charge >= 0.3 is 0 Å². The Labute approximate surface area is 96.1 Å². The number of hydrogen-bond donors (Lipinski definition) is 1. The van der Waals surface area contributed by atoms with Crippen LogP contribution in [0, 0.1) is 0 Å². The van der Waals surface area contributed by atoms with Gasteiger partial charge in [-0.25, -0.2) is 0 Å². The number of ether oxygens (including phenoxy) is 1. The summed E-state index contributed by atoms with van der Waals surface area (Å²) < 4.78 is 5.61. The van der Waals surface area contributed by atoms with E-state index >= 15 is 0 Å². The highest BCUT2D eigenvalue weighted by atomic mass is 32.2. The molecule has 0 aromatic rings. The second kappa shape index (κ2) is 4.34. The number of nitrogens with zero attached hydrogens (tertiary/aromatic N) is 1. The minimum Gasteiger partial charge on any atom is -0.376 e. The molecule has 3 nitrogen and oxygen atoms in total. The van der Waals surface area contributed by atoms with Crippen molar-refractivity contribution in [2.24, 2.45) is 4.99 Å². The summed E-state index contributed by atoms with van der Waals surface area (Å²) in [6.07, 6.45) is 2.54. The van der Waals surface area contributed by atoms with Gasteiger partial charge in [-0.3, -0.25) is 4.99 Å². The van der Waals surface area contributed by atoms with Crippen molar-refractivity contribution < 1.29 is 4.74 Å². The quantitative estimate of drug-likeness (QED) is 0.745. The second-order valence-electron chi connectivity index (χ2n) is 4.73. The lowest BCUT2D eigenvalue weighted by atomic mass is 9.95. The molecule has 15 heavy (non-hydrogen) atoms. The van der Waals surface area contributed by atoms with Crippen LogP contribution in [0.3, 0.4) is 0 Å². The van der Waals surface area contributed by atoms with E-state index in [9.17, 15) is 0 Å². The number of thioether (sulfide) groups is 1. The molecule has 86 valence electrons. The zero-order chi connectivity index (χ0) is 10.9. The average molecular weight is 228 g/mol. The summed E-state index contributed by atoms with van der Waals surface area (Å²) in [6.45, 7) is 7.40. The maximum atomic E-state index is 5.61. The third-order valence-corrected chi connectivity index (χ3v) is 4.31. The summed E-state index contributed by atoms with van der Waals surface area (Å²) in [5, 5.41) is 4.67. The molecule has 0 radical (unpaired) electrons. The average Bonchev–Trinajstić information content (AvgIpc) is 2.47. The van der Waals surface area contributed by atoms with Crippen molar-refractivity contribution in [2.45, 2.75) is 51.3 Å². The van der Waals surface area contributed by atoms with Gasteiger partial charge in [-0.1, -0.05) is 11.8 Å². The van der Waals surface area contributed by atoms with Gasteiger partial charge < -0.3 is 10.1 Å². The van der Waals surface area contributed by atoms with Crippen LogP contribution in [-0.4, -0.2) is 35.2 Å². The first-order valence-electron chi connectivity index (χ1n) is 5.70. The molecule has 0 aromatic heterocycles. The smallest absolute Gasteiger partial charge is 0.157 e. The first kappa shape index (κ1) is 11.3. The molecule has 3 atom stereocenters. The Morgan fingerprint density at radius 1 is 1.53 bits per heavy atom. The van der Waals surface area contributed by atoms with E-state index in [1.54, 1.807) is 0 Å². The topological polar surface area (TPSA) is 33.6 Å². The molecular formula is C11H20N2OS. The largest absolute Gasteiger partial charge is 0.376 e. The zero-order valence-corrected chi connectivity index (χ0v) is 10.6. The van der Waals surface area contributed by atoms with E-state index in [-0.39, 0.29) is 11.6 Å². The lowest BCUT2D eigenvalue weighted by Gasteiger charge is -2.32. The van der Waals surface area contributed by atoms with Gasteiger partial charge in [-0.15, -0.1) is 0 Å². The summed E-state index contributed by atoms with van der Waals surface area (Å²) >= 11 is 1.84. The number of aliphatic imine (C=N–C) groups is 1. The van der Waals surface area contributed by atoms with Crippen molar-refractivity contribution in [3.63, 3.8) is 0 Å². The number of hydrogen-bond acceptors (Lipinski definition) is 4. The van der Waals surface area contributed by atoms with Crippen LogP contribution in [0.15, 0.2) is 4.99 Å². The molecule has 0 saturated carbocycles. The Hall–Kier alpha value is -0.220. The fourth-order valence-electron chi connectivity index (χ4n) is 1.94. The van der Waals surface area contributed by atoms with E-state index in [2.05, 4.69) is 31.1 Å². The van der Waals surface area contributed by atoms with Gasteiger partial charge in [0.05, 0.1) is 17.7 Å². The molecular weight excluding hydrogens is 208 g/mol. The Bertz CT molecular complexity index is 269. The van der Waals surface area contributed by atoms with Gasteiger partial charge in [0, 0.05) is 12.4 Å². The minimum absolute atomic E-state index is 0.0723. The third-order valence-electron chi connectivity index (χ3n) is 3.39. The molecule has 0 amide bonds. The van der Waals surface area contributed by atoms with E-state index in [1.807, 2.05) is 11.8 Å². The monoisotopic (exact) mass is 228 g/mol.